The molecular formula is C20H30N4OS. The van der Waals surface area contributed by atoms with Crippen molar-refractivity contribution in [3.63, 3.8) is 0 Å². The number of aliphatic imine (C=N–C) groups is 1. The van der Waals surface area contributed by atoms with Gasteiger partial charge in [-0.1, -0.05) is 24.3 Å². The standard InChI is InChI=1S/C20H30N4OS/c1-5-21-20(22-13-12-16-9-8-14-26-16)23-15-18(24(2)3)17-10-6-7-11-19(17)25-4/h6-11,14,18H,5,12-13,15H2,1-4H3,(H2,21,22,23). The van der Waals surface area contributed by atoms with Crippen LogP contribution < -0.4 is 15.4 Å². The molecule has 2 N–H and O–H groups in total. The number of nitrogens with zero attached hydrogens (tertiary/aromatic N) is 2. The molecule has 0 aliphatic carbocycles. The summed E-state index contributed by atoms with van der Waals surface area (Å²) in [6.07, 6.45) is 1.01. The molecule has 0 amide bonds. The van der Waals surface area contributed by atoms with Crippen LogP contribution in [0.3, 0.4) is 0 Å². The zero-order chi connectivity index (χ0) is 18.8. The predicted molar refractivity (Wildman–Crippen MR) is 111 cm³/mol. The first-order valence-corrected chi connectivity index (χ1v) is 9.87. The fourth-order valence-corrected chi connectivity index (χ4v) is 3.47. The zero-order valence-electron chi connectivity index (χ0n) is 16.2. The molecule has 1 atom stereocenters. The minimum Gasteiger partial charge on any atom is -0.496 e. The number of nitrogens with one attached hydrogen (secondary N) is 2. The number of para-hydroxylation sites is 1. The molecule has 142 valence electrons. The lowest BCUT2D eigenvalue weighted by Crippen LogP contribution is -2.39. The average Bonchev–Trinajstić information content (AvgIpc) is 3.15. The van der Waals surface area contributed by atoms with Crippen molar-refractivity contribution < 1.29 is 4.74 Å². The number of guanidine groups is 1. The van der Waals surface area contributed by atoms with E-state index in [1.54, 1.807) is 18.4 Å². The van der Waals surface area contributed by atoms with Gasteiger partial charge in [-0.15, -0.1) is 11.3 Å². The number of likely N-dealkylation sites (N-methyl/N-ethyl adjacent to an activating group) is 1. The third-order valence-corrected chi connectivity index (χ3v) is 5.07. The van der Waals surface area contributed by atoms with Crippen molar-refractivity contribution in [3.05, 3.63) is 52.2 Å². The summed E-state index contributed by atoms with van der Waals surface area (Å²) in [4.78, 5) is 8.37. The van der Waals surface area contributed by atoms with Crippen molar-refractivity contribution in [1.82, 2.24) is 15.5 Å². The smallest absolute Gasteiger partial charge is 0.191 e. The second-order valence-corrected chi connectivity index (χ2v) is 7.23. The molecule has 2 aromatic rings. The number of hydrogen-bond donors (Lipinski definition) is 2. The molecule has 0 spiro atoms. The Morgan fingerprint density at radius 1 is 1.19 bits per heavy atom. The third kappa shape index (κ3) is 6.04. The molecule has 5 nitrogen and oxygen atoms in total. The average molecular weight is 375 g/mol. The summed E-state index contributed by atoms with van der Waals surface area (Å²) in [5, 5.41) is 8.87. The molecule has 26 heavy (non-hydrogen) atoms. The minimum atomic E-state index is 0.152. The van der Waals surface area contributed by atoms with E-state index in [1.165, 1.54) is 4.88 Å². The second kappa shape index (κ2) is 10.8. The highest BCUT2D eigenvalue weighted by molar-refractivity contribution is 7.09. The first-order chi connectivity index (χ1) is 12.7. The van der Waals surface area contributed by atoms with Gasteiger partial charge >= 0.3 is 0 Å². The van der Waals surface area contributed by atoms with E-state index in [1.807, 2.05) is 18.2 Å². The fourth-order valence-electron chi connectivity index (χ4n) is 2.76. The summed E-state index contributed by atoms with van der Waals surface area (Å²) < 4.78 is 5.53. The molecule has 1 aromatic carbocycles. The van der Waals surface area contributed by atoms with E-state index < -0.39 is 0 Å². The topological polar surface area (TPSA) is 48.9 Å². The Morgan fingerprint density at radius 3 is 2.65 bits per heavy atom. The summed E-state index contributed by atoms with van der Waals surface area (Å²) in [5.41, 5.74) is 1.15. The Bertz CT molecular complexity index is 670. The molecule has 6 heteroatoms. The van der Waals surface area contributed by atoms with Crippen LogP contribution in [0.2, 0.25) is 0 Å². The van der Waals surface area contributed by atoms with E-state index in [-0.39, 0.29) is 6.04 Å². The van der Waals surface area contributed by atoms with Gasteiger partial charge < -0.3 is 20.3 Å². The molecule has 0 aliphatic heterocycles. The Labute approximate surface area is 161 Å². The van der Waals surface area contributed by atoms with Gasteiger partial charge in [0.15, 0.2) is 5.96 Å². The molecule has 0 saturated carbocycles. The highest BCUT2D eigenvalue weighted by atomic mass is 32.1. The van der Waals surface area contributed by atoms with Crippen molar-refractivity contribution in [1.29, 1.82) is 0 Å². The van der Waals surface area contributed by atoms with Crippen LogP contribution in [0.4, 0.5) is 0 Å². The first kappa shape index (κ1) is 20.3. The van der Waals surface area contributed by atoms with E-state index in [0.29, 0.717) is 6.54 Å². The highest BCUT2D eigenvalue weighted by Gasteiger charge is 2.18. The molecule has 0 saturated heterocycles. The second-order valence-electron chi connectivity index (χ2n) is 6.20. The largest absolute Gasteiger partial charge is 0.496 e. The Morgan fingerprint density at radius 2 is 2.00 bits per heavy atom. The lowest BCUT2D eigenvalue weighted by Gasteiger charge is -2.25. The number of rotatable bonds is 9. The van der Waals surface area contributed by atoms with Crippen LogP contribution in [0.5, 0.6) is 5.75 Å². The van der Waals surface area contributed by atoms with E-state index in [4.69, 9.17) is 9.73 Å². The SMILES string of the molecule is CCNC(=NCC(c1ccccc1OC)N(C)C)NCCc1cccs1. The number of thiophene rings is 1. The summed E-state index contributed by atoms with van der Waals surface area (Å²) in [6.45, 7) is 4.45. The molecule has 1 aromatic heterocycles. The molecule has 1 heterocycles. The summed E-state index contributed by atoms with van der Waals surface area (Å²) in [5.74, 6) is 1.75. The van der Waals surface area contributed by atoms with Gasteiger partial charge in [-0.3, -0.25) is 4.99 Å². The Kier molecular flexibility index (Phi) is 8.44. The van der Waals surface area contributed by atoms with Crippen LogP contribution in [0.25, 0.3) is 0 Å². The molecule has 2 rings (SSSR count). The van der Waals surface area contributed by atoms with Crippen molar-refractivity contribution in [2.24, 2.45) is 4.99 Å². The van der Waals surface area contributed by atoms with Crippen molar-refractivity contribution in [2.75, 3.05) is 40.8 Å². The molecule has 1 unspecified atom stereocenters. The molecule has 0 aliphatic rings. The maximum Gasteiger partial charge on any atom is 0.191 e. The van der Waals surface area contributed by atoms with E-state index in [9.17, 15) is 0 Å². The quantitative estimate of drug-likeness (QED) is 0.523. The van der Waals surface area contributed by atoms with Crippen molar-refractivity contribution in [2.45, 2.75) is 19.4 Å². The fraction of sp³-hybridized carbons (Fsp3) is 0.450. The lowest BCUT2D eigenvalue weighted by molar-refractivity contribution is 0.295. The predicted octanol–water partition coefficient (Wildman–Crippen LogP) is 3.16. The highest BCUT2D eigenvalue weighted by Crippen LogP contribution is 2.28. The van der Waals surface area contributed by atoms with Gasteiger partial charge in [-0.2, -0.15) is 0 Å². The van der Waals surface area contributed by atoms with Crippen LogP contribution in [0.1, 0.15) is 23.4 Å². The van der Waals surface area contributed by atoms with E-state index in [2.05, 4.69) is 60.1 Å². The van der Waals surface area contributed by atoms with Crippen molar-refractivity contribution in [3.8, 4) is 5.75 Å². The molecule has 0 fully saturated rings. The van der Waals surface area contributed by atoms with Gasteiger partial charge in [0.05, 0.1) is 19.7 Å². The van der Waals surface area contributed by atoms with Gasteiger partial charge in [-0.05, 0) is 45.0 Å². The summed E-state index contributed by atoms with van der Waals surface area (Å²) in [6, 6.07) is 12.6. The zero-order valence-corrected chi connectivity index (χ0v) is 17.0. The summed E-state index contributed by atoms with van der Waals surface area (Å²) in [7, 11) is 5.86. The normalized spacial score (nSPS) is 12.9. The van der Waals surface area contributed by atoms with Gasteiger partial charge in [0.25, 0.3) is 0 Å². The van der Waals surface area contributed by atoms with Crippen LogP contribution >= 0.6 is 11.3 Å². The van der Waals surface area contributed by atoms with Gasteiger partial charge in [0, 0.05) is 23.5 Å². The van der Waals surface area contributed by atoms with Gasteiger partial charge in [0.1, 0.15) is 5.75 Å². The van der Waals surface area contributed by atoms with Gasteiger partial charge in [0.2, 0.25) is 0 Å². The minimum absolute atomic E-state index is 0.152. The number of benzene rings is 1. The maximum absolute atomic E-state index is 5.53. The van der Waals surface area contributed by atoms with E-state index in [0.717, 1.165) is 36.8 Å². The van der Waals surface area contributed by atoms with Crippen LogP contribution in [-0.4, -0.2) is 51.7 Å². The first-order valence-electron chi connectivity index (χ1n) is 8.99. The lowest BCUT2D eigenvalue weighted by atomic mass is 10.0. The molecule has 0 radical (unpaired) electrons. The van der Waals surface area contributed by atoms with Gasteiger partial charge in [-0.25, -0.2) is 0 Å². The van der Waals surface area contributed by atoms with Crippen LogP contribution in [0, 0.1) is 0 Å². The van der Waals surface area contributed by atoms with E-state index >= 15 is 0 Å². The molecule has 0 bridgehead atoms. The third-order valence-electron chi connectivity index (χ3n) is 4.13. The monoisotopic (exact) mass is 374 g/mol. The number of methoxy groups -OCH3 is 1. The number of ether oxygens (including phenoxy) is 1. The Balaban J connectivity index is 2.03. The number of hydrogen-bond acceptors (Lipinski definition) is 4. The Hall–Kier alpha value is -2.05. The van der Waals surface area contributed by atoms with Crippen LogP contribution in [0.15, 0.2) is 46.8 Å². The van der Waals surface area contributed by atoms with Crippen molar-refractivity contribution >= 4 is 17.3 Å². The summed E-state index contributed by atoms with van der Waals surface area (Å²) >= 11 is 1.79. The van der Waals surface area contributed by atoms with Crippen LogP contribution in [-0.2, 0) is 6.42 Å². The maximum atomic E-state index is 5.53. The molecular weight excluding hydrogens is 344 g/mol.